The Morgan fingerprint density at radius 1 is 1.12 bits per heavy atom. The van der Waals surface area contributed by atoms with E-state index < -0.39 is 42.4 Å². The lowest BCUT2D eigenvalue weighted by Crippen LogP contribution is -2.24. The number of carbonyl (C=O) groups excluding carboxylic acids is 2. The van der Waals surface area contributed by atoms with Gasteiger partial charge in [-0.05, 0) is 42.8 Å². The molecule has 2 rings (SSSR count). The average Bonchev–Trinajstić information content (AvgIpc) is 2.55. The second-order valence-electron chi connectivity index (χ2n) is 5.00. The minimum Gasteiger partial charge on any atom is -0.482 e. The first-order valence-electron chi connectivity index (χ1n) is 7.15. The molecule has 0 aliphatic carbocycles. The summed E-state index contributed by atoms with van der Waals surface area (Å²) in [5.41, 5.74) is 0.129. The number of para-hydroxylation sites is 1. The number of aryl methyl sites for hydroxylation is 1. The topological polar surface area (TPSA) is 64.6 Å². The van der Waals surface area contributed by atoms with Gasteiger partial charge >= 0.3 is 5.97 Å². The third-order valence-corrected chi connectivity index (χ3v) is 3.31. The summed E-state index contributed by atoms with van der Waals surface area (Å²) >= 11 is 5.81. The standard InChI is InChI=1S/C17H14ClF2NO4/c1-10-7-11(18)5-6-14(10)24-9-16(23)25-8-15(22)21-17-12(19)3-2-4-13(17)20/h2-7H,8-9H2,1H3,(H,21,22). The summed E-state index contributed by atoms with van der Waals surface area (Å²) in [4.78, 5) is 23.2. The third-order valence-electron chi connectivity index (χ3n) is 3.07. The highest BCUT2D eigenvalue weighted by molar-refractivity contribution is 6.30. The number of hydrogen-bond acceptors (Lipinski definition) is 4. The van der Waals surface area contributed by atoms with Crippen molar-refractivity contribution in [1.29, 1.82) is 0 Å². The van der Waals surface area contributed by atoms with Gasteiger partial charge in [-0.1, -0.05) is 17.7 Å². The predicted molar refractivity (Wildman–Crippen MR) is 87.6 cm³/mol. The van der Waals surface area contributed by atoms with Gasteiger partial charge < -0.3 is 14.8 Å². The molecule has 0 heterocycles. The Kier molecular flexibility index (Phi) is 6.30. The lowest BCUT2D eigenvalue weighted by molar-refractivity contribution is -0.149. The van der Waals surface area contributed by atoms with Gasteiger partial charge in [0.25, 0.3) is 5.91 Å². The number of hydrogen-bond donors (Lipinski definition) is 1. The van der Waals surface area contributed by atoms with E-state index in [1.54, 1.807) is 25.1 Å². The Balaban J connectivity index is 1.80. The first-order chi connectivity index (χ1) is 11.9. The highest BCUT2D eigenvalue weighted by Gasteiger charge is 2.14. The first-order valence-corrected chi connectivity index (χ1v) is 7.53. The van der Waals surface area contributed by atoms with Crippen LogP contribution in [0, 0.1) is 18.6 Å². The van der Waals surface area contributed by atoms with Crippen molar-refractivity contribution in [2.45, 2.75) is 6.92 Å². The van der Waals surface area contributed by atoms with E-state index in [4.69, 9.17) is 21.1 Å². The molecule has 25 heavy (non-hydrogen) atoms. The van der Waals surface area contributed by atoms with E-state index in [0.29, 0.717) is 10.8 Å². The highest BCUT2D eigenvalue weighted by atomic mass is 35.5. The van der Waals surface area contributed by atoms with Crippen LogP contribution >= 0.6 is 11.6 Å². The van der Waals surface area contributed by atoms with Crippen LogP contribution < -0.4 is 10.1 Å². The fraction of sp³-hybridized carbons (Fsp3) is 0.176. The number of benzene rings is 2. The molecule has 0 aliphatic rings. The van der Waals surface area contributed by atoms with Crippen LogP contribution in [0.4, 0.5) is 14.5 Å². The van der Waals surface area contributed by atoms with E-state index in [1.807, 2.05) is 5.32 Å². The van der Waals surface area contributed by atoms with Crippen LogP contribution in [0.25, 0.3) is 0 Å². The largest absolute Gasteiger partial charge is 0.482 e. The zero-order chi connectivity index (χ0) is 18.4. The highest BCUT2D eigenvalue weighted by Crippen LogP contribution is 2.21. The second-order valence-corrected chi connectivity index (χ2v) is 5.44. The maximum Gasteiger partial charge on any atom is 0.344 e. The molecule has 0 aromatic heterocycles. The number of halogens is 3. The second kappa shape index (κ2) is 8.43. The van der Waals surface area contributed by atoms with Gasteiger partial charge in [0.05, 0.1) is 0 Å². The molecule has 8 heteroatoms. The normalized spacial score (nSPS) is 10.2. The Bertz CT molecular complexity index is 778. The molecule has 0 spiro atoms. The summed E-state index contributed by atoms with van der Waals surface area (Å²) in [6, 6.07) is 8.01. The number of carbonyl (C=O) groups is 2. The van der Waals surface area contributed by atoms with Gasteiger partial charge in [-0.2, -0.15) is 0 Å². The van der Waals surface area contributed by atoms with Gasteiger partial charge in [0.2, 0.25) is 0 Å². The van der Waals surface area contributed by atoms with E-state index >= 15 is 0 Å². The van der Waals surface area contributed by atoms with E-state index in [9.17, 15) is 18.4 Å². The number of nitrogens with one attached hydrogen (secondary N) is 1. The van der Waals surface area contributed by atoms with Crippen molar-refractivity contribution < 1.29 is 27.8 Å². The van der Waals surface area contributed by atoms with Gasteiger partial charge in [-0.3, -0.25) is 4.79 Å². The van der Waals surface area contributed by atoms with Crippen molar-refractivity contribution in [3.8, 4) is 5.75 Å². The first kappa shape index (κ1) is 18.7. The number of esters is 1. The maximum absolute atomic E-state index is 13.4. The molecule has 132 valence electrons. The summed E-state index contributed by atoms with van der Waals surface area (Å²) in [7, 11) is 0. The molecule has 0 fully saturated rings. The summed E-state index contributed by atoms with van der Waals surface area (Å²) in [6.45, 7) is 0.627. The molecule has 0 atom stereocenters. The fourth-order valence-corrected chi connectivity index (χ4v) is 2.12. The minimum atomic E-state index is -0.929. The molecule has 2 aromatic carbocycles. The van der Waals surface area contributed by atoms with Crippen molar-refractivity contribution in [2.75, 3.05) is 18.5 Å². The molecule has 2 aromatic rings. The number of ether oxygens (including phenoxy) is 2. The predicted octanol–water partition coefficient (Wildman–Crippen LogP) is 3.49. The van der Waals surface area contributed by atoms with Gasteiger partial charge in [0.1, 0.15) is 23.1 Å². The van der Waals surface area contributed by atoms with Gasteiger partial charge in [0, 0.05) is 5.02 Å². The summed E-state index contributed by atoms with van der Waals surface area (Å²) in [5, 5.41) is 2.53. The van der Waals surface area contributed by atoms with Crippen molar-refractivity contribution in [1.82, 2.24) is 0 Å². The maximum atomic E-state index is 13.4. The number of rotatable bonds is 6. The van der Waals surface area contributed by atoms with Crippen LogP contribution in [0.1, 0.15) is 5.56 Å². The SMILES string of the molecule is Cc1cc(Cl)ccc1OCC(=O)OCC(=O)Nc1c(F)cccc1F. The van der Waals surface area contributed by atoms with Crippen LogP contribution in [-0.2, 0) is 14.3 Å². The molecular formula is C17H14ClF2NO4. The van der Waals surface area contributed by atoms with Gasteiger partial charge in [-0.25, -0.2) is 13.6 Å². The zero-order valence-corrected chi connectivity index (χ0v) is 13.9. The monoisotopic (exact) mass is 369 g/mol. The molecule has 0 saturated heterocycles. The minimum absolute atomic E-state index is 0.427. The molecule has 1 N–H and O–H groups in total. The smallest absolute Gasteiger partial charge is 0.344 e. The van der Waals surface area contributed by atoms with Crippen molar-refractivity contribution in [3.05, 3.63) is 58.6 Å². The van der Waals surface area contributed by atoms with Crippen LogP contribution in [-0.4, -0.2) is 25.1 Å². The fourth-order valence-electron chi connectivity index (χ4n) is 1.89. The molecule has 0 radical (unpaired) electrons. The lowest BCUT2D eigenvalue weighted by atomic mass is 10.2. The quantitative estimate of drug-likeness (QED) is 0.792. The van der Waals surface area contributed by atoms with E-state index in [2.05, 4.69) is 0 Å². The zero-order valence-electron chi connectivity index (χ0n) is 13.1. The Hall–Kier alpha value is -2.67. The van der Waals surface area contributed by atoms with Crippen molar-refractivity contribution >= 4 is 29.2 Å². The van der Waals surface area contributed by atoms with Crippen LogP contribution in [0.3, 0.4) is 0 Å². The number of amides is 1. The molecule has 0 bridgehead atoms. The van der Waals surface area contributed by atoms with E-state index in [-0.39, 0.29) is 0 Å². The van der Waals surface area contributed by atoms with Gasteiger partial charge in [-0.15, -0.1) is 0 Å². The third kappa shape index (κ3) is 5.42. The molecule has 0 saturated carbocycles. The summed E-state index contributed by atoms with van der Waals surface area (Å²) < 4.78 is 36.7. The Morgan fingerprint density at radius 2 is 1.80 bits per heavy atom. The van der Waals surface area contributed by atoms with Crippen molar-refractivity contribution in [3.63, 3.8) is 0 Å². The number of anilines is 1. The molecular weight excluding hydrogens is 356 g/mol. The lowest BCUT2D eigenvalue weighted by Gasteiger charge is -2.10. The van der Waals surface area contributed by atoms with E-state index in [1.165, 1.54) is 0 Å². The molecule has 5 nitrogen and oxygen atoms in total. The summed E-state index contributed by atoms with van der Waals surface area (Å²) in [6.07, 6.45) is 0. The average molecular weight is 370 g/mol. The van der Waals surface area contributed by atoms with Crippen LogP contribution in [0.15, 0.2) is 36.4 Å². The van der Waals surface area contributed by atoms with Crippen LogP contribution in [0.2, 0.25) is 5.02 Å². The summed E-state index contributed by atoms with van der Waals surface area (Å²) in [5.74, 6) is -3.10. The molecule has 0 unspecified atom stereocenters. The Labute approximate surface area is 147 Å². The molecule has 1 amide bonds. The Morgan fingerprint density at radius 3 is 2.44 bits per heavy atom. The van der Waals surface area contributed by atoms with Gasteiger partial charge in [0.15, 0.2) is 13.2 Å². The van der Waals surface area contributed by atoms with E-state index in [0.717, 1.165) is 23.8 Å². The van der Waals surface area contributed by atoms with Crippen LogP contribution in [0.5, 0.6) is 5.75 Å². The molecule has 0 aliphatic heterocycles. The van der Waals surface area contributed by atoms with Crippen molar-refractivity contribution in [2.24, 2.45) is 0 Å².